The number of hydrogen-bond donors (Lipinski definition) is 6. The van der Waals surface area contributed by atoms with Crippen molar-refractivity contribution < 1.29 is 19.2 Å². The number of guanidine groups is 1. The molecule has 0 fully saturated rings. The number of aliphatic imine (C=N–C) groups is 1. The number of fused-ring (bicyclic) bond motifs is 2. The molecule has 0 spiro atoms. The second-order valence-electron chi connectivity index (χ2n) is 11.4. The van der Waals surface area contributed by atoms with Crippen LogP contribution in [-0.2, 0) is 27.2 Å². The Hall–Kier alpha value is -5.56. The third-order valence-corrected chi connectivity index (χ3v) is 8.84. The smallest absolute Gasteiger partial charge is 0.243 e. The Balaban J connectivity index is 1.39. The van der Waals surface area contributed by atoms with Gasteiger partial charge in [0.05, 0.1) is 16.3 Å². The highest BCUT2D eigenvalue weighted by Gasteiger charge is 2.31. The van der Waals surface area contributed by atoms with E-state index in [2.05, 4.69) is 30.9 Å². The van der Waals surface area contributed by atoms with E-state index in [9.17, 15) is 19.2 Å². The van der Waals surface area contributed by atoms with E-state index in [-0.39, 0.29) is 48.5 Å². The van der Waals surface area contributed by atoms with Gasteiger partial charge in [0.25, 0.3) is 0 Å². The molecule has 3 atom stereocenters. The number of amides is 3. The maximum Gasteiger partial charge on any atom is 0.243 e. The average molecular weight is 667 g/mol. The normalized spacial score (nSPS) is 12.9. The van der Waals surface area contributed by atoms with E-state index in [4.69, 9.17) is 11.5 Å². The Labute approximate surface area is 281 Å². The number of thiazole rings is 1. The van der Waals surface area contributed by atoms with Crippen LogP contribution in [0, 0.1) is 0 Å². The summed E-state index contributed by atoms with van der Waals surface area (Å²) < 4.78 is 0.847. The van der Waals surface area contributed by atoms with Crippen LogP contribution in [0.3, 0.4) is 0 Å². The molecule has 0 radical (unpaired) electrons. The zero-order valence-corrected chi connectivity index (χ0v) is 27.3. The van der Waals surface area contributed by atoms with Gasteiger partial charge in [-0.1, -0.05) is 60.7 Å². The van der Waals surface area contributed by atoms with Gasteiger partial charge in [-0.25, -0.2) is 4.98 Å². The Morgan fingerprint density at radius 1 is 0.833 bits per heavy atom. The summed E-state index contributed by atoms with van der Waals surface area (Å²) in [4.78, 5) is 65.6. The summed E-state index contributed by atoms with van der Waals surface area (Å²) >= 11 is 1.25. The molecule has 5 aromatic rings. The number of aromatic amines is 1. The van der Waals surface area contributed by atoms with Crippen LogP contribution in [0.4, 0.5) is 0 Å². The first-order chi connectivity index (χ1) is 23.2. The number of ketones is 1. The molecule has 0 aliphatic carbocycles. The van der Waals surface area contributed by atoms with Gasteiger partial charge < -0.3 is 32.4 Å². The maximum absolute atomic E-state index is 14.0. The van der Waals surface area contributed by atoms with E-state index >= 15 is 0 Å². The Kier molecular flexibility index (Phi) is 11.1. The molecule has 0 unspecified atom stereocenters. The molecule has 0 bridgehead atoms. The highest BCUT2D eigenvalue weighted by Crippen LogP contribution is 2.24. The fourth-order valence-electron chi connectivity index (χ4n) is 5.48. The van der Waals surface area contributed by atoms with Crippen LogP contribution in [0.15, 0.2) is 90.1 Å². The molecule has 3 aromatic carbocycles. The molecular formula is C35H38N8O4S. The van der Waals surface area contributed by atoms with Gasteiger partial charge in [-0.15, -0.1) is 11.3 Å². The monoisotopic (exact) mass is 666 g/mol. The van der Waals surface area contributed by atoms with Crippen molar-refractivity contribution in [1.29, 1.82) is 0 Å². The molecular weight excluding hydrogens is 629 g/mol. The largest absolute Gasteiger partial charge is 0.370 e. The molecule has 5 rings (SSSR count). The van der Waals surface area contributed by atoms with Crippen molar-refractivity contribution in [2.24, 2.45) is 16.5 Å². The molecule has 0 saturated heterocycles. The molecule has 248 valence electrons. The van der Waals surface area contributed by atoms with Crippen molar-refractivity contribution in [1.82, 2.24) is 25.9 Å². The number of carbonyl (C=O) groups is 4. The minimum atomic E-state index is -1.07. The number of hydrogen-bond acceptors (Lipinski definition) is 7. The predicted octanol–water partition coefficient (Wildman–Crippen LogP) is 2.97. The standard InChI is InChI=1S/C35H38N8O4S/c1-21(44)40-29(19-23-20-39-25-13-6-5-12-24(23)25)33(47)42-28(18-22-10-3-2-4-11-22)32(46)41-27(15-9-17-38-35(36)37)31(45)34-43-26-14-7-8-16-30(26)48-34/h2-8,10-14,16,20,27-29,39H,9,15,17-19H2,1H3,(H,40,44)(H,41,46)(H,42,47)(H4,36,37,38)/t27-,28-,29+/m0/s1. The van der Waals surface area contributed by atoms with Gasteiger partial charge in [0.2, 0.25) is 23.5 Å². The first-order valence-corrected chi connectivity index (χ1v) is 16.4. The summed E-state index contributed by atoms with van der Waals surface area (Å²) in [6.07, 6.45) is 2.79. The molecule has 48 heavy (non-hydrogen) atoms. The average Bonchev–Trinajstić information content (AvgIpc) is 3.70. The van der Waals surface area contributed by atoms with Crippen LogP contribution in [-0.4, -0.2) is 64.1 Å². The van der Waals surface area contributed by atoms with Crippen molar-refractivity contribution in [2.75, 3.05) is 6.54 Å². The van der Waals surface area contributed by atoms with Crippen molar-refractivity contribution in [3.05, 3.63) is 101 Å². The second-order valence-corrected chi connectivity index (χ2v) is 12.5. The SMILES string of the molecule is CC(=O)N[C@H](Cc1c[nH]c2ccccc12)C(=O)N[C@@H](Cc1ccccc1)C(=O)N[C@@H](CCCN=C(N)N)C(=O)c1nc2ccccc2s1. The van der Waals surface area contributed by atoms with Crippen LogP contribution in [0.1, 0.15) is 40.7 Å². The van der Waals surface area contributed by atoms with Gasteiger partial charge in [-0.3, -0.25) is 24.2 Å². The number of nitrogens with one attached hydrogen (secondary N) is 4. The van der Waals surface area contributed by atoms with Crippen LogP contribution in [0.2, 0.25) is 0 Å². The van der Waals surface area contributed by atoms with E-state index in [1.165, 1.54) is 18.3 Å². The van der Waals surface area contributed by atoms with Crippen LogP contribution in [0.25, 0.3) is 21.1 Å². The summed E-state index contributed by atoms with van der Waals surface area (Å²) in [6.45, 7) is 1.60. The molecule has 2 aromatic heterocycles. The van der Waals surface area contributed by atoms with E-state index in [0.717, 1.165) is 26.7 Å². The Morgan fingerprint density at radius 3 is 2.23 bits per heavy atom. The summed E-state index contributed by atoms with van der Waals surface area (Å²) in [6, 6.07) is 21.3. The third kappa shape index (κ3) is 8.82. The fourth-order valence-corrected chi connectivity index (χ4v) is 6.44. The summed E-state index contributed by atoms with van der Waals surface area (Å²) in [5.74, 6) is -1.90. The number of carbonyl (C=O) groups excluding carboxylic acids is 4. The van der Waals surface area contributed by atoms with E-state index in [1.807, 2.05) is 85.1 Å². The van der Waals surface area contributed by atoms with Crippen molar-refractivity contribution in [3.63, 3.8) is 0 Å². The number of H-pyrrole nitrogens is 1. The van der Waals surface area contributed by atoms with Crippen molar-refractivity contribution in [3.8, 4) is 0 Å². The predicted molar refractivity (Wildman–Crippen MR) is 187 cm³/mol. The zero-order chi connectivity index (χ0) is 34.0. The highest BCUT2D eigenvalue weighted by molar-refractivity contribution is 7.20. The maximum atomic E-state index is 14.0. The lowest BCUT2D eigenvalue weighted by molar-refractivity contribution is -0.131. The summed E-state index contributed by atoms with van der Waals surface area (Å²) in [5, 5.41) is 9.67. The zero-order valence-electron chi connectivity index (χ0n) is 26.4. The lowest BCUT2D eigenvalue weighted by Crippen LogP contribution is -2.56. The third-order valence-electron chi connectivity index (χ3n) is 7.79. The summed E-state index contributed by atoms with van der Waals surface area (Å²) in [7, 11) is 0. The van der Waals surface area contributed by atoms with Crippen molar-refractivity contribution in [2.45, 2.75) is 50.7 Å². The van der Waals surface area contributed by atoms with Crippen LogP contribution < -0.4 is 27.4 Å². The topological polar surface area (TPSA) is 197 Å². The van der Waals surface area contributed by atoms with Gasteiger partial charge >= 0.3 is 0 Å². The molecule has 13 heteroatoms. The van der Waals surface area contributed by atoms with Gasteiger partial charge in [0, 0.05) is 43.4 Å². The van der Waals surface area contributed by atoms with Gasteiger partial charge in [0.1, 0.15) is 12.1 Å². The Bertz CT molecular complexity index is 1900. The number of rotatable bonds is 15. The van der Waals surface area contributed by atoms with Gasteiger partial charge in [-0.05, 0) is 42.2 Å². The van der Waals surface area contributed by atoms with E-state index in [1.54, 1.807) is 0 Å². The fraction of sp³-hybridized carbons (Fsp3) is 0.257. The van der Waals surface area contributed by atoms with Gasteiger partial charge in [0.15, 0.2) is 11.0 Å². The number of benzene rings is 3. The van der Waals surface area contributed by atoms with Crippen LogP contribution >= 0.6 is 11.3 Å². The summed E-state index contributed by atoms with van der Waals surface area (Å²) in [5.41, 5.74) is 14.2. The lowest BCUT2D eigenvalue weighted by atomic mass is 10.0. The molecule has 0 saturated carbocycles. The van der Waals surface area contributed by atoms with Gasteiger partial charge in [-0.2, -0.15) is 0 Å². The highest BCUT2D eigenvalue weighted by atomic mass is 32.1. The molecule has 0 aliphatic rings. The molecule has 8 N–H and O–H groups in total. The van der Waals surface area contributed by atoms with E-state index < -0.39 is 29.9 Å². The number of nitrogens with zero attached hydrogens (tertiary/aromatic N) is 2. The van der Waals surface area contributed by atoms with Crippen molar-refractivity contribution >= 4 is 61.9 Å². The first kappa shape index (κ1) is 33.8. The molecule has 12 nitrogen and oxygen atoms in total. The molecule has 3 amide bonds. The number of Topliss-reactive ketones (excluding diaryl/α,β-unsaturated/α-hetero) is 1. The first-order valence-electron chi connectivity index (χ1n) is 15.6. The number of para-hydroxylation sites is 2. The second kappa shape index (κ2) is 15.8. The lowest BCUT2D eigenvalue weighted by Gasteiger charge is -2.25. The van der Waals surface area contributed by atoms with Crippen LogP contribution in [0.5, 0.6) is 0 Å². The number of nitrogens with two attached hydrogens (primary N) is 2. The molecule has 2 heterocycles. The minimum absolute atomic E-state index is 0.0694. The minimum Gasteiger partial charge on any atom is -0.370 e. The number of aromatic nitrogens is 2. The quantitative estimate of drug-likeness (QED) is 0.0427. The van der Waals surface area contributed by atoms with E-state index in [0.29, 0.717) is 11.9 Å². The molecule has 0 aliphatic heterocycles. The Morgan fingerprint density at radius 2 is 1.50 bits per heavy atom.